The lowest BCUT2D eigenvalue weighted by Gasteiger charge is -2.41. The van der Waals surface area contributed by atoms with Crippen molar-refractivity contribution in [2.75, 3.05) is 18.8 Å². The SMILES string of the molecule is CC1(C)C(=O)NCCN1C(=O)c1sc2nnccc2c1N. The number of hydrogen-bond donors (Lipinski definition) is 2. The zero-order valence-electron chi connectivity index (χ0n) is 11.7. The number of piperazine rings is 1. The van der Waals surface area contributed by atoms with Crippen molar-refractivity contribution in [3.8, 4) is 0 Å². The number of nitrogens with two attached hydrogens (primary N) is 1. The highest BCUT2D eigenvalue weighted by atomic mass is 32.1. The van der Waals surface area contributed by atoms with Crippen LogP contribution in [0.4, 0.5) is 5.69 Å². The van der Waals surface area contributed by atoms with Gasteiger partial charge in [0.25, 0.3) is 5.91 Å². The molecule has 0 saturated carbocycles. The standard InChI is InChI=1S/C13H15N5O2S/c1-13(2)12(20)15-5-6-18(13)11(19)9-8(14)7-3-4-16-17-10(7)21-9/h3-4H,5-6,14H2,1-2H3,(H,15,20). The predicted octanol–water partition coefficient (Wildman–Crippen LogP) is 0.624. The zero-order chi connectivity index (χ0) is 15.2. The number of fused-ring (bicyclic) bond motifs is 1. The Morgan fingerprint density at radius 1 is 1.52 bits per heavy atom. The summed E-state index contributed by atoms with van der Waals surface area (Å²) in [6.45, 7) is 4.35. The lowest BCUT2D eigenvalue weighted by Crippen LogP contribution is -2.63. The van der Waals surface area contributed by atoms with Crippen molar-refractivity contribution >= 4 is 39.1 Å². The molecule has 3 N–H and O–H groups in total. The molecule has 2 amide bonds. The number of carbonyl (C=O) groups excluding carboxylic acids is 2. The number of amides is 2. The van der Waals surface area contributed by atoms with Crippen LogP contribution < -0.4 is 11.1 Å². The molecule has 3 rings (SSSR count). The van der Waals surface area contributed by atoms with Crippen molar-refractivity contribution in [1.29, 1.82) is 0 Å². The number of carbonyl (C=O) groups is 2. The quantitative estimate of drug-likeness (QED) is 0.804. The summed E-state index contributed by atoms with van der Waals surface area (Å²) in [5, 5.41) is 11.3. The summed E-state index contributed by atoms with van der Waals surface area (Å²) < 4.78 is 0. The van der Waals surface area contributed by atoms with Crippen molar-refractivity contribution in [2.45, 2.75) is 19.4 Å². The van der Waals surface area contributed by atoms with E-state index >= 15 is 0 Å². The molecule has 0 atom stereocenters. The van der Waals surface area contributed by atoms with Crippen LogP contribution in [0.2, 0.25) is 0 Å². The van der Waals surface area contributed by atoms with Gasteiger partial charge in [-0.05, 0) is 19.9 Å². The van der Waals surface area contributed by atoms with Gasteiger partial charge in [-0.1, -0.05) is 0 Å². The van der Waals surface area contributed by atoms with E-state index in [-0.39, 0.29) is 11.8 Å². The fourth-order valence-electron chi connectivity index (χ4n) is 2.41. The molecule has 21 heavy (non-hydrogen) atoms. The smallest absolute Gasteiger partial charge is 0.267 e. The first kappa shape index (κ1) is 13.7. The second-order valence-electron chi connectivity index (χ2n) is 5.37. The van der Waals surface area contributed by atoms with Gasteiger partial charge in [-0.25, -0.2) is 0 Å². The van der Waals surface area contributed by atoms with Crippen molar-refractivity contribution < 1.29 is 9.59 Å². The molecule has 7 nitrogen and oxygen atoms in total. The third-order valence-electron chi connectivity index (χ3n) is 3.71. The van der Waals surface area contributed by atoms with Gasteiger partial charge in [0.1, 0.15) is 15.2 Å². The Morgan fingerprint density at radius 2 is 2.29 bits per heavy atom. The molecule has 3 heterocycles. The molecule has 0 unspecified atom stereocenters. The summed E-state index contributed by atoms with van der Waals surface area (Å²) in [5.74, 6) is -0.406. The highest BCUT2D eigenvalue weighted by Crippen LogP contribution is 2.34. The molecule has 0 aliphatic carbocycles. The lowest BCUT2D eigenvalue weighted by molar-refractivity contribution is -0.133. The number of nitrogens with one attached hydrogen (secondary N) is 1. The first-order valence-electron chi connectivity index (χ1n) is 6.53. The largest absolute Gasteiger partial charge is 0.397 e. The van der Waals surface area contributed by atoms with E-state index in [2.05, 4.69) is 15.5 Å². The second kappa shape index (κ2) is 4.66. The van der Waals surface area contributed by atoms with E-state index in [0.29, 0.717) is 28.5 Å². The maximum atomic E-state index is 12.8. The van der Waals surface area contributed by atoms with Gasteiger partial charge in [0.2, 0.25) is 5.91 Å². The van der Waals surface area contributed by atoms with Gasteiger partial charge in [-0.2, -0.15) is 5.10 Å². The van der Waals surface area contributed by atoms with Crippen LogP contribution in [0.5, 0.6) is 0 Å². The molecule has 0 aromatic carbocycles. The Morgan fingerprint density at radius 3 is 3.00 bits per heavy atom. The third kappa shape index (κ3) is 2.02. The monoisotopic (exact) mass is 305 g/mol. The molecule has 8 heteroatoms. The fraction of sp³-hybridized carbons (Fsp3) is 0.385. The molecular formula is C13H15N5O2S. The molecule has 0 bridgehead atoms. The van der Waals surface area contributed by atoms with Crippen LogP contribution >= 0.6 is 11.3 Å². The number of nitrogen functional groups attached to an aromatic ring is 1. The van der Waals surface area contributed by atoms with Crippen LogP contribution in [0.3, 0.4) is 0 Å². The van der Waals surface area contributed by atoms with Crippen molar-refractivity contribution in [3.63, 3.8) is 0 Å². The summed E-state index contributed by atoms with van der Waals surface area (Å²) in [7, 11) is 0. The van der Waals surface area contributed by atoms with Crippen LogP contribution in [0.1, 0.15) is 23.5 Å². The number of anilines is 1. The normalized spacial score (nSPS) is 17.8. The second-order valence-corrected chi connectivity index (χ2v) is 6.37. The van der Waals surface area contributed by atoms with Gasteiger partial charge in [-0.15, -0.1) is 16.4 Å². The van der Waals surface area contributed by atoms with Crippen LogP contribution in [-0.4, -0.2) is 45.5 Å². The number of thiophene rings is 1. The number of rotatable bonds is 1. The Labute approximate surface area is 125 Å². The van der Waals surface area contributed by atoms with E-state index in [1.54, 1.807) is 24.8 Å². The topological polar surface area (TPSA) is 101 Å². The average molecular weight is 305 g/mol. The molecule has 110 valence electrons. The minimum Gasteiger partial charge on any atom is -0.397 e. The van der Waals surface area contributed by atoms with Crippen LogP contribution in [-0.2, 0) is 4.79 Å². The molecule has 1 aliphatic rings. The summed E-state index contributed by atoms with van der Waals surface area (Å²) in [5.41, 5.74) is 5.56. The van der Waals surface area contributed by atoms with Gasteiger partial charge in [-0.3, -0.25) is 9.59 Å². The predicted molar refractivity (Wildman–Crippen MR) is 80.0 cm³/mol. The molecule has 1 saturated heterocycles. The maximum absolute atomic E-state index is 12.8. The van der Waals surface area contributed by atoms with E-state index in [0.717, 1.165) is 5.39 Å². The number of hydrogen-bond acceptors (Lipinski definition) is 6. The summed E-state index contributed by atoms with van der Waals surface area (Å²) in [6, 6.07) is 1.74. The molecule has 1 fully saturated rings. The Hall–Kier alpha value is -2.22. The van der Waals surface area contributed by atoms with Gasteiger partial charge in [0.15, 0.2) is 0 Å². The molecule has 1 aliphatic heterocycles. The van der Waals surface area contributed by atoms with E-state index in [9.17, 15) is 9.59 Å². The van der Waals surface area contributed by atoms with E-state index in [4.69, 9.17) is 5.73 Å². The Balaban J connectivity index is 2.04. The van der Waals surface area contributed by atoms with Crippen LogP contribution in [0, 0.1) is 0 Å². The lowest BCUT2D eigenvalue weighted by atomic mass is 9.98. The first-order chi connectivity index (χ1) is 9.93. The number of nitrogens with zero attached hydrogens (tertiary/aromatic N) is 3. The van der Waals surface area contributed by atoms with Crippen LogP contribution in [0.15, 0.2) is 12.3 Å². The molecule has 2 aromatic heterocycles. The summed E-state index contributed by atoms with van der Waals surface area (Å²) >= 11 is 1.21. The van der Waals surface area contributed by atoms with E-state index in [1.807, 2.05) is 0 Å². The fourth-order valence-corrected chi connectivity index (χ4v) is 3.40. The van der Waals surface area contributed by atoms with Gasteiger partial charge < -0.3 is 16.0 Å². The molecule has 0 radical (unpaired) electrons. The summed E-state index contributed by atoms with van der Waals surface area (Å²) in [4.78, 5) is 27.3. The first-order valence-corrected chi connectivity index (χ1v) is 7.34. The zero-order valence-corrected chi connectivity index (χ0v) is 12.5. The van der Waals surface area contributed by atoms with Crippen molar-refractivity contribution in [1.82, 2.24) is 20.4 Å². The summed E-state index contributed by atoms with van der Waals surface area (Å²) in [6.07, 6.45) is 1.54. The Kier molecular flexibility index (Phi) is 3.05. The van der Waals surface area contributed by atoms with Gasteiger partial charge >= 0.3 is 0 Å². The molecule has 2 aromatic rings. The number of aromatic nitrogens is 2. The Bertz CT molecular complexity index is 739. The maximum Gasteiger partial charge on any atom is 0.267 e. The van der Waals surface area contributed by atoms with E-state index < -0.39 is 5.54 Å². The van der Waals surface area contributed by atoms with E-state index in [1.165, 1.54) is 17.5 Å². The highest BCUT2D eigenvalue weighted by Gasteiger charge is 2.41. The molecule has 0 spiro atoms. The van der Waals surface area contributed by atoms with Crippen LogP contribution in [0.25, 0.3) is 10.2 Å². The average Bonchev–Trinajstić information content (AvgIpc) is 2.79. The van der Waals surface area contributed by atoms with Gasteiger partial charge in [0.05, 0.1) is 11.9 Å². The van der Waals surface area contributed by atoms with Crippen molar-refractivity contribution in [3.05, 3.63) is 17.1 Å². The minimum atomic E-state index is -0.899. The highest BCUT2D eigenvalue weighted by molar-refractivity contribution is 7.21. The molecular weight excluding hydrogens is 290 g/mol. The van der Waals surface area contributed by atoms with Crippen molar-refractivity contribution in [2.24, 2.45) is 0 Å². The minimum absolute atomic E-state index is 0.165. The third-order valence-corrected chi connectivity index (χ3v) is 4.80. The van der Waals surface area contributed by atoms with Gasteiger partial charge in [0, 0.05) is 18.5 Å².